The lowest BCUT2D eigenvalue weighted by molar-refractivity contribution is -0.129. The van der Waals surface area contributed by atoms with E-state index in [1.165, 1.54) is 11.1 Å². The molecule has 0 aliphatic rings. The summed E-state index contributed by atoms with van der Waals surface area (Å²) in [6.45, 7) is 5.70. The Labute approximate surface area is 162 Å². The van der Waals surface area contributed by atoms with E-state index < -0.39 is 0 Å². The lowest BCUT2D eigenvalue weighted by Crippen LogP contribution is -2.35. The number of carbonyl (C=O) groups is 1. The van der Waals surface area contributed by atoms with Crippen molar-refractivity contribution in [2.75, 3.05) is 26.0 Å². The quantitative estimate of drug-likeness (QED) is 0.596. The van der Waals surface area contributed by atoms with Gasteiger partial charge in [0.1, 0.15) is 0 Å². The van der Waals surface area contributed by atoms with Crippen molar-refractivity contribution < 1.29 is 9.53 Å². The fourth-order valence-corrected chi connectivity index (χ4v) is 3.79. The Balaban J connectivity index is 2.02. The molecule has 0 fully saturated rings. The van der Waals surface area contributed by atoms with Crippen molar-refractivity contribution in [2.24, 2.45) is 0 Å². The zero-order valence-electron chi connectivity index (χ0n) is 14.8. The molecule has 6 heteroatoms. The molecule has 2 rings (SSSR count). The second kappa shape index (κ2) is 9.94. The number of aryl methyl sites for hydroxylation is 2. The SMILES string of the molecule is COCCN(Cc1ccccn1)C(=O)CSc1cc(C)c(Br)cc1C. The van der Waals surface area contributed by atoms with E-state index in [-0.39, 0.29) is 5.91 Å². The van der Waals surface area contributed by atoms with Gasteiger partial charge in [-0.15, -0.1) is 11.8 Å². The van der Waals surface area contributed by atoms with Crippen molar-refractivity contribution in [2.45, 2.75) is 25.3 Å². The first-order valence-electron chi connectivity index (χ1n) is 8.07. The fourth-order valence-electron chi connectivity index (χ4n) is 2.32. The minimum Gasteiger partial charge on any atom is -0.383 e. The number of hydrogen-bond acceptors (Lipinski definition) is 4. The van der Waals surface area contributed by atoms with Crippen molar-refractivity contribution in [3.63, 3.8) is 0 Å². The molecule has 0 bridgehead atoms. The van der Waals surface area contributed by atoms with Crippen molar-refractivity contribution in [1.82, 2.24) is 9.88 Å². The summed E-state index contributed by atoms with van der Waals surface area (Å²) >= 11 is 5.12. The van der Waals surface area contributed by atoms with E-state index in [0.29, 0.717) is 25.4 Å². The van der Waals surface area contributed by atoms with Crippen LogP contribution in [0.25, 0.3) is 0 Å². The molecule has 0 aliphatic carbocycles. The molecule has 0 unspecified atom stereocenters. The Morgan fingerprint density at radius 3 is 2.76 bits per heavy atom. The Kier molecular flexibility index (Phi) is 7.93. The number of benzene rings is 1. The summed E-state index contributed by atoms with van der Waals surface area (Å²) in [6.07, 6.45) is 1.75. The van der Waals surface area contributed by atoms with Gasteiger partial charge in [-0.1, -0.05) is 22.0 Å². The number of nitrogens with zero attached hydrogens (tertiary/aromatic N) is 2. The highest BCUT2D eigenvalue weighted by molar-refractivity contribution is 9.10. The van der Waals surface area contributed by atoms with E-state index in [1.807, 2.05) is 18.2 Å². The van der Waals surface area contributed by atoms with Gasteiger partial charge >= 0.3 is 0 Å². The van der Waals surface area contributed by atoms with Gasteiger partial charge in [-0.3, -0.25) is 9.78 Å². The predicted molar refractivity (Wildman–Crippen MR) is 106 cm³/mol. The maximum absolute atomic E-state index is 12.7. The number of aromatic nitrogens is 1. The van der Waals surface area contributed by atoms with Gasteiger partial charge in [0, 0.05) is 29.2 Å². The van der Waals surface area contributed by atoms with E-state index >= 15 is 0 Å². The summed E-state index contributed by atoms with van der Waals surface area (Å²) in [6, 6.07) is 9.96. The third kappa shape index (κ3) is 6.13. The normalized spacial score (nSPS) is 10.7. The summed E-state index contributed by atoms with van der Waals surface area (Å²) in [5, 5.41) is 0. The average molecular weight is 423 g/mol. The van der Waals surface area contributed by atoms with Gasteiger partial charge in [0.2, 0.25) is 5.91 Å². The molecule has 0 N–H and O–H groups in total. The van der Waals surface area contributed by atoms with E-state index in [0.717, 1.165) is 15.1 Å². The van der Waals surface area contributed by atoms with Crippen LogP contribution in [0.2, 0.25) is 0 Å². The highest BCUT2D eigenvalue weighted by Crippen LogP contribution is 2.28. The summed E-state index contributed by atoms with van der Waals surface area (Å²) in [5.74, 6) is 0.492. The molecular formula is C19H23BrN2O2S. The van der Waals surface area contributed by atoms with E-state index in [1.54, 1.807) is 30.0 Å². The number of methoxy groups -OCH3 is 1. The zero-order valence-corrected chi connectivity index (χ0v) is 17.2. The van der Waals surface area contributed by atoms with E-state index in [2.05, 4.69) is 46.9 Å². The first-order valence-corrected chi connectivity index (χ1v) is 9.85. The van der Waals surface area contributed by atoms with Gasteiger partial charge in [-0.05, 0) is 49.2 Å². The van der Waals surface area contributed by atoms with Gasteiger partial charge in [0.15, 0.2) is 0 Å². The molecular weight excluding hydrogens is 400 g/mol. The molecule has 0 aliphatic heterocycles. The van der Waals surface area contributed by atoms with Crippen LogP contribution in [-0.2, 0) is 16.1 Å². The maximum atomic E-state index is 12.7. The number of amides is 1. The highest BCUT2D eigenvalue weighted by atomic mass is 79.9. The number of thioether (sulfide) groups is 1. The zero-order chi connectivity index (χ0) is 18.2. The third-order valence-electron chi connectivity index (χ3n) is 3.80. The monoisotopic (exact) mass is 422 g/mol. The van der Waals surface area contributed by atoms with Crippen LogP contribution < -0.4 is 0 Å². The minimum atomic E-state index is 0.0904. The van der Waals surface area contributed by atoms with Crippen LogP contribution >= 0.6 is 27.7 Å². The van der Waals surface area contributed by atoms with E-state index in [4.69, 9.17) is 4.74 Å². The molecule has 134 valence electrons. The van der Waals surface area contributed by atoms with Gasteiger partial charge < -0.3 is 9.64 Å². The van der Waals surface area contributed by atoms with Crippen LogP contribution in [0.4, 0.5) is 0 Å². The van der Waals surface area contributed by atoms with Crippen molar-refractivity contribution in [1.29, 1.82) is 0 Å². The van der Waals surface area contributed by atoms with Crippen molar-refractivity contribution >= 4 is 33.6 Å². The summed E-state index contributed by atoms with van der Waals surface area (Å²) in [5.41, 5.74) is 3.22. The number of ether oxygens (including phenoxy) is 1. The van der Waals surface area contributed by atoms with Crippen molar-refractivity contribution in [3.8, 4) is 0 Å². The Morgan fingerprint density at radius 1 is 1.28 bits per heavy atom. The Morgan fingerprint density at radius 2 is 2.08 bits per heavy atom. The topological polar surface area (TPSA) is 42.4 Å². The highest BCUT2D eigenvalue weighted by Gasteiger charge is 2.15. The Bertz CT molecular complexity index is 710. The smallest absolute Gasteiger partial charge is 0.233 e. The molecule has 1 amide bonds. The van der Waals surface area contributed by atoms with Crippen LogP contribution in [0, 0.1) is 13.8 Å². The fraction of sp³-hybridized carbons (Fsp3) is 0.368. The largest absolute Gasteiger partial charge is 0.383 e. The lowest BCUT2D eigenvalue weighted by atomic mass is 10.2. The third-order valence-corrected chi connectivity index (χ3v) is 5.80. The summed E-state index contributed by atoms with van der Waals surface area (Å²) < 4.78 is 6.24. The standard InChI is InChI=1S/C19H23BrN2O2S/c1-14-11-18(15(2)10-17(14)20)25-13-19(23)22(8-9-24-3)12-16-6-4-5-7-21-16/h4-7,10-11H,8-9,12-13H2,1-3H3. The molecule has 0 radical (unpaired) electrons. The Hall–Kier alpha value is -1.37. The van der Waals surface area contributed by atoms with Crippen LogP contribution in [0.3, 0.4) is 0 Å². The van der Waals surface area contributed by atoms with Crippen LogP contribution in [0.1, 0.15) is 16.8 Å². The first-order chi connectivity index (χ1) is 12.0. The molecule has 4 nitrogen and oxygen atoms in total. The van der Waals surface area contributed by atoms with Crippen LogP contribution in [0.15, 0.2) is 45.9 Å². The number of rotatable bonds is 8. The molecule has 1 heterocycles. The molecule has 1 aromatic carbocycles. The number of halogens is 1. The lowest BCUT2D eigenvalue weighted by Gasteiger charge is -2.22. The minimum absolute atomic E-state index is 0.0904. The predicted octanol–water partition coefficient (Wildman–Crippen LogP) is 4.23. The molecule has 2 aromatic rings. The molecule has 0 saturated heterocycles. The maximum Gasteiger partial charge on any atom is 0.233 e. The summed E-state index contributed by atoms with van der Waals surface area (Å²) in [4.78, 5) is 20.0. The number of carbonyl (C=O) groups excluding carboxylic acids is 1. The number of pyridine rings is 1. The van der Waals surface area contributed by atoms with Crippen LogP contribution in [0.5, 0.6) is 0 Å². The van der Waals surface area contributed by atoms with Crippen LogP contribution in [-0.4, -0.2) is 41.8 Å². The van der Waals surface area contributed by atoms with Gasteiger partial charge in [-0.2, -0.15) is 0 Å². The van der Waals surface area contributed by atoms with Gasteiger partial charge in [0.05, 0.1) is 24.6 Å². The molecule has 0 saturated carbocycles. The van der Waals surface area contributed by atoms with Gasteiger partial charge in [0.25, 0.3) is 0 Å². The van der Waals surface area contributed by atoms with Crippen molar-refractivity contribution in [3.05, 3.63) is 57.8 Å². The summed E-state index contributed by atoms with van der Waals surface area (Å²) in [7, 11) is 1.64. The first kappa shape index (κ1) is 19.9. The second-order valence-corrected chi connectivity index (χ2v) is 7.66. The molecule has 0 atom stereocenters. The second-order valence-electron chi connectivity index (χ2n) is 5.78. The van der Waals surface area contributed by atoms with Gasteiger partial charge in [-0.25, -0.2) is 0 Å². The molecule has 0 spiro atoms. The average Bonchev–Trinajstić information content (AvgIpc) is 2.61. The number of hydrogen-bond donors (Lipinski definition) is 0. The van der Waals surface area contributed by atoms with E-state index in [9.17, 15) is 4.79 Å². The molecule has 25 heavy (non-hydrogen) atoms. The molecule has 1 aromatic heterocycles.